The highest BCUT2D eigenvalue weighted by Crippen LogP contribution is 2.32. The molecule has 7 rings (SSSR count). The van der Waals surface area contributed by atoms with Gasteiger partial charge in [0.1, 0.15) is 18.0 Å². The van der Waals surface area contributed by atoms with E-state index in [1.54, 1.807) is 28.1 Å². The van der Waals surface area contributed by atoms with Crippen LogP contribution in [-0.4, -0.2) is 91.8 Å². The van der Waals surface area contributed by atoms with Crippen molar-refractivity contribution >= 4 is 55.4 Å². The summed E-state index contributed by atoms with van der Waals surface area (Å²) >= 11 is 1.38. The van der Waals surface area contributed by atoms with Crippen molar-refractivity contribution in [1.29, 1.82) is 0 Å². The minimum Gasteiger partial charge on any atom is -0.497 e. The number of urea groups is 1. The van der Waals surface area contributed by atoms with Crippen molar-refractivity contribution in [3.8, 4) is 18.1 Å². The molecule has 0 aliphatic carbocycles. The molecule has 2 atom stereocenters. The fraction of sp³-hybridized carbons (Fsp3) is 0.265. The number of benzene rings is 3. The maximum Gasteiger partial charge on any atom is 0.333 e. The van der Waals surface area contributed by atoms with Gasteiger partial charge in [0.2, 0.25) is 11.8 Å². The van der Waals surface area contributed by atoms with Crippen LogP contribution in [0.15, 0.2) is 66.9 Å². The van der Waals surface area contributed by atoms with E-state index in [1.165, 1.54) is 16.3 Å². The van der Waals surface area contributed by atoms with Crippen LogP contribution >= 0.6 is 11.3 Å². The number of carbonyl (C=O) groups excluding carboxylic acids is 3. The largest absolute Gasteiger partial charge is 0.497 e. The minimum absolute atomic E-state index is 0.0702. The van der Waals surface area contributed by atoms with Gasteiger partial charge in [-0.15, -0.1) is 6.42 Å². The van der Waals surface area contributed by atoms with Crippen LogP contribution in [0.1, 0.15) is 16.7 Å². The number of hydrogen-bond acceptors (Lipinski definition) is 9. The van der Waals surface area contributed by atoms with E-state index in [0.29, 0.717) is 10.9 Å². The summed E-state index contributed by atoms with van der Waals surface area (Å²) in [6, 6.07) is 17.7. The molecule has 13 nitrogen and oxygen atoms in total. The number of ether oxygens (including phenoxy) is 1. The predicted octanol–water partition coefficient (Wildman–Crippen LogP) is 2.95. The summed E-state index contributed by atoms with van der Waals surface area (Å²) in [6.07, 6.45) is 7.11. The van der Waals surface area contributed by atoms with Gasteiger partial charge in [0.25, 0.3) is 0 Å². The van der Waals surface area contributed by atoms with Gasteiger partial charge in [0.15, 0.2) is 5.13 Å². The van der Waals surface area contributed by atoms with Crippen molar-refractivity contribution in [2.24, 2.45) is 0 Å². The topological polar surface area (TPSA) is 153 Å². The van der Waals surface area contributed by atoms with Gasteiger partial charge in [-0.05, 0) is 47.0 Å². The lowest BCUT2D eigenvalue weighted by atomic mass is 9.99. The molecule has 0 spiro atoms. The zero-order valence-electron chi connectivity index (χ0n) is 26.1. The maximum atomic E-state index is 14.3. The second-order valence-electron chi connectivity index (χ2n) is 11.7. The first kappa shape index (κ1) is 31.0. The number of carbonyl (C=O) groups is 3. The van der Waals surface area contributed by atoms with Crippen LogP contribution in [0.25, 0.3) is 21.1 Å². The quantitative estimate of drug-likeness (QED) is 0.204. The molecule has 2 saturated heterocycles. The molecule has 48 heavy (non-hydrogen) atoms. The van der Waals surface area contributed by atoms with Crippen LogP contribution in [0, 0.1) is 12.3 Å². The van der Waals surface area contributed by atoms with E-state index in [4.69, 9.17) is 16.9 Å². The molecule has 5 aromatic rings. The number of nitrogens with zero attached hydrogens (tertiary/aromatic N) is 6. The molecule has 2 aromatic heterocycles. The van der Waals surface area contributed by atoms with Crippen molar-refractivity contribution in [3.63, 3.8) is 0 Å². The van der Waals surface area contributed by atoms with Gasteiger partial charge in [-0.25, -0.2) is 14.8 Å². The normalized spacial score (nSPS) is 17.9. The zero-order chi connectivity index (χ0) is 33.4. The number of aromatic amines is 1. The first-order valence-corrected chi connectivity index (χ1v) is 16.2. The molecular formula is C34H33N9O4S. The Morgan fingerprint density at radius 1 is 1.19 bits per heavy atom. The number of piperazine rings is 1. The van der Waals surface area contributed by atoms with Gasteiger partial charge in [-0.1, -0.05) is 47.6 Å². The Labute approximate surface area is 280 Å². The van der Waals surface area contributed by atoms with Gasteiger partial charge in [-0.2, -0.15) is 10.1 Å². The lowest BCUT2D eigenvalue weighted by Crippen LogP contribution is -2.66. The third kappa shape index (κ3) is 5.85. The average Bonchev–Trinajstić information content (AvgIpc) is 3.81. The Hall–Kier alpha value is -5.65. The fourth-order valence-electron chi connectivity index (χ4n) is 6.47. The summed E-state index contributed by atoms with van der Waals surface area (Å²) in [6.45, 7) is 0.467. The van der Waals surface area contributed by atoms with Gasteiger partial charge in [0.05, 0.1) is 48.7 Å². The molecule has 244 valence electrons. The fourth-order valence-corrected chi connectivity index (χ4v) is 7.25. The number of anilines is 1. The lowest BCUT2D eigenvalue weighted by molar-refractivity contribution is -0.157. The number of terminal acetylenes is 1. The Morgan fingerprint density at radius 2 is 2.00 bits per heavy atom. The van der Waals surface area contributed by atoms with Crippen LogP contribution in [0.3, 0.4) is 0 Å². The van der Waals surface area contributed by atoms with Crippen molar-refractivity contribution in [1.82, 2.24) is 40.3 Å². The van der Waals surface area contributed by atoms with Crippen LogP contribution in [0.5, 0.6) is 5.75 Å². The number of methoxy groups -OCH3 is 1. The van der Waals surface area contributed by atoms with Crippen LogP contribution < -0.4 is 15.8 Å². The molecule has 4 N–H and O–H groups in total. The second-order valence-corrected chi connectivity index (χ2v) is 12.8. The Balaban J connectivity index is 1.20. The Bertz CT molecular complexity index is 2050. The van der Waals surface area contributed by atoms with E-state index in [0.717, 1.165) is 37.8 Å². The highest BCUT2D eigenvalue weighted by molar-refractivity contribution is 7.22. The first-order chi connectivity index (χ1) is 23.3. The van der Waals surface area contributed by atoms with Crippen LogP contribution in [0.2, 0.25) is 0 Å². The molecule has 3 aromatic carbocycles. The maximum absolute atomic E-state index is 14.3. The monoisotopic (exact) mass is 663 g/mol. The summed E-state index contributed by atoms with van der Waals surface area (Å²) in [5.41, 5.74) is 10.2. The van der Waals surface area contributed by atoms with Gasteiger partial charge in [0, 0.05) is 24.9 Å². The lowest BCUT2D eigenvalue weighted by Gasteiger charge is -2.46. The Kier molecular flexibility index (Phi) is 8.30. The third-order valence-electron chi connectivity index (χ3n) is 8.77. The number of para-hydroxylation sites is 1. The number of hydrogen-bond donors (Lipinski definition) is 3. The number of nitrogens with one attached hydrogen (secondary N) is 2. The molecule has 2 fully saturated rings. The van der Waals surface area contributed by atoms with E-state index in [9.17, 15) is 14.4 Å². The van der Waals surface area contributed by atoms with E-state index in [-0.39, 0.29) is 51.0 Å². The number of aromatic nitrogens is 3. The Morgan fingerprint density at radius 3 is 2.79 bits per heavy atom. The number of hydrazine groups is 1. The summed E-state index contributed by atoms with van der Waals surface area (Å²) in [5.74, 6) is 2.82. The number of rotatable bonds is 9. The highest BCUT2D eigenvalue weighted by Gasteiger charge is 2.52. The number of nitrogen functional groups attached to an aromatic ring is 1. The molecule has 2 aliphatic heterocycles. The van der Waals surface area contributed by atoms with Crippen LogP contribution in [0.4, 0.5) is 9.93 Å². The summed E-state index contributed by atoms with van der Waals surface area (Å²) in [4.78, 5) is 49.7. The number of thiazole rings is 1. The number of fused-ring (bicyclic) bond motifs is 3. The van der Waals surface area contributed by atoms with Gasteiger partial charge < -0.3 is 25.6 Å². The second kappa shape index (κ2) is 12.9. The molecule has 0 unspecified atom stereocenters. The smallest absolute Gasteiger partial charge is 0.333 e. The minimum atomic E-state index is -0.819. The molecular weight excluding hydrogens is 631 g/mol. The molecule has 2 aliphatic rings. The van der Waals surface area contributed by atoms with Gasteiger partial charge in [-0.3, -0.25) is 14.7 Å². The molecule has 14 heteroatoms. The molecule has 4 amide bonds. The SMILES string of the molecule is C#CCN(C(=O)NCc1ccc(OC)cc1)N1CC(=O)N2[C@@H](Cc3ccc4[nH]ncc4c3)C(=O)N(Cc3cccc4sc(N)nc34)C[C@@H]21. The zero-order valence-corrected chi connectivity index (χ0v) is 26.9. The van der Waals surface area contributed by atoms with Gasteiger partial charge >= 0.3 is 6.03 Å². The van der Waals surface area contributed by atoms with Crippen molar-refractivity contribution < 1.29 is 19.1 Å². The molecule has 4 heterocycles. The summed E-state index contributed by atoms with van der Waals surface area (Å²) < 4.78 is 6.15. The van der Waals surface area contributed by atoms with Crippen molar-refractivity contribution in [2.45, 2.75) is 31.7 Å². The van der Waals surface area contributed by atoms with E-state index in [2.05, 4.69) is 26.4 Å². The first-order valence-electron chi connectivity index (χ1n) is 15.4. The number of nitrogens with two attached hydrogens (primary N) is 1. The molecule has 0 saturated carbocycles. The van der Waals surface area contributed by atoms with Crippen molar-refractivity contribution in [2.75, 3.05) is 32.5 Å². The van der Waals surface area contributed by atoms with Crippen molar-refractivity contribution in [3.05, 3.63) is 83.6 Å². The number of amides is 4. The average molecular weight is 664 g/mol. The standard InChI is InChI=1S/C34H33N9O4S/c1-3-13-41(34(46)36-16-21-7-10-25(47-2)11-8-21)42-20-30(44)43-27(15-22-9-12-26-24(14-22)17-37-39-26)32(45)40(19-29(42)43)18-23-5-4-6-28-31(23)38-33(35)48-28/h1,4-12,14,17,27,29H,13,15-16,18-20H2,2H3,(H2,35,38)(H,36,46)(H,37,39)/t27-,29+/m0/s1. The number of H-pyrrole nitrogens is 1. The third-order valence-corrected chi connectivity index (χ3v) is 9.62. The highest BCUT2D eigenvalue weighted by atomic mass is 32.1. The predicted molar refractivity (Wildman–Crippen MR) is 181 cm³/mol. The van der Waals surface area contributed by atoms with Crippen LogP contribution in [-0.2, 0) is 29.1 Å². The van der Waals surface area contributed by atoms with E-state index >= 15 is 0 Å². The van der Waals surface area contributed by atoms with E-state index in [1.807, 2.05) is 60.7 Å². The summed E-state index contributed by atoms with van der Waals surface area (Å²) in [7, 11) is 1.59. The molecule has 0 bridgehead atoms. The summed E-state index contributed by atoms with van der Waals surface area (Å²) in [5, 5.41) is 14.4. The molecule has 0 radical (unpaired) electrons. The van der Waals surface area contributed by atoms with E-state index < -0.39 is 18.2 Å².